The molecule has 2 aromatic carbocycles. The van der Waals surface area contributed by atoms with Crippen molar-refractivity contribution < 1.29 is 14.6 Å². The highest BCUT2D eigenvalue weighted by Crippen LogP contribution is 2.33. The van der Waals surface area contributed by atoms with Crippen LogP contribution in [0.5, 0.6) is 11.5 Å². The summed E-state index contributed by atoms with van der Waals surface area (Å²) in [5.74, 6) is 2.51. The number of aliphatic hydroxyl groups is 1. The van der Waals surface area contributed by atoms with Crippen LogP contribution in [0.4, 0.5) is 0 Å². The van der Waals surface area contributed by atoms with Crippen molar-refractivity contribution in [3.8, 4) is 11.5 Å². The highest BCUT2D eigenvalue weighted by Gasteiger charge is 2.23. The third kappa shape index (κ3) is 6.49. The van der Waals surface area contributed by atoms with E-state index in [0.29, 0.717) is 24.9 Å². The zero-order valence-electron chi connectivity index (χ0n) is 18.4. The predicted octanol–water partition coefficient (Wildman–Crippen LogP) is 4.90. The van der Waals surface area contributed by atoms with E-state index in [1.165, 1.54) is 11.1 Å². The molecule has 0 amide bonds. The third-order valence-electron chi connectivity index (χ3n) is 5.37. The van der Waals surface area contributed by atoms with E-state index in [9.17, 15) is 5.11 Å². The number of halogens is 1. The number of alkyl halides is 1. The third-order valence-corrected chi connectivity index (χ3v) is 5.90. The van der Waals surface area contributed by atoms with Crippen LogP contribution in [0.3, 0.4) is 0 Å². The highest BCUT2D eigenvalue weighted by atomic mass is 35.5. The van der Waals surface area contributed by atoms with Gasteiger partial charge in [-0.1, -0.05) is 45.0 Å². The zero-order valence-corrected chi connectivity index (χ0v) is 19.1. The first-order valence-corrected chi connectivity index (χ1v) is 11.1. The van der Waals surface area contributed by atoms with Gasteiger partial charge >= 0.3 is 0 Å². The summed E-state index contributed by atoms with van der Waals surface area (Å²) >= 11 is 5.84. The first-order valence-electron chi connectivity index (χ1n) is 10.5. The van der Waals surface area contributed by atoms with Crippen molar-refractivity contribution in [2.24, 2.45) is 5.92 Å². The Bertz CT molecular complexity index is 909. The molecule has 2 atom stereocenters. The van der Waals surface area contributed by atoms with Crippen LogP contribution >= 0.6 is 11.6 Å². The number of ether oxygens (including phenoxy) is 2. The van der Waals surface area contributed by atoms with Gasteiger partial charge in [0.2, 0.25) is 0 Å². The molecule has 0 fully saturated rings. The minimum Gasteiger partial charge on any atom is -0.493 e. The van der Waals surface area contributed by atoms with Gasteiger partial charge in [0, 0.05) is 29.6 Å². The summed E-state index contributed by atoms with van der Waals surface area (Å²) < 4.78 is 13.4. The molecule has 1 heterocycles. The van der Waals surface area contributed by atoms with Crippen molar-refractivity contribution in [1.29, 1.82) is 0 Å². The summed E-state index contributed by atoms with van der Waals surface area (Å²) in [6.45, 7) is 7.76. The number of imidazole rings is 1. The lowest BCUT2D eigenvalue weighted by Gasteiger charge is -2.26. The van der Waals surface area contributed by atoms with Gasteiger partial charge in [0.25, 0.3) is 0 Å². The Morgan fingerprint density at radius 3 is 2.00 bits per heavy atom. The van der Waals surface area contributed by atoms with Gasteiger partial charge in [-0.05, 0) is 35.4 Å². The normalized spacial score (nSPS) is 13.6. The fourth-order valence-corrected chi connectivity index (χ4v) is 3.36. The lowest BCUT2D eigenvalue weighted by atomic mass is 9.78. The molecular formula is C25H31ClN2O3. The average Bonchev–Trinajstić information content (AvgIpc) is 3.29. The molecule has 0 spiro atoms. The molecule has 0 radical (unpaired) electrons. The van der Waals surface area contributed by atoms with Crippen LogP contribution in [0.2, 0.25) is 0 Å². The Morgan fingerprint density at radius 1 is 0.968 bits per heavy atom. The van der Waals surface area contributed by atoms with Crippen LogP contribution in [0, 0.1) is 5.92 Å². The van der Waals surface area contributed by atoms with Gasteiger partial charge < -0.3 is 19.1 Å². The summed E-state index contributed by atoms with van der Waals surface area (Å²) in [7, 11) is 0. The van der Waals surface area contributed by atoms with Gasteiger partial charge in [-0.2, -0.15) is 0 Å². The summed E-state index contributed by atoms with van der Waals surface area (Å²) in [6, 6.07) is 16.3. The fraction of sp³-hybridized carbons (Fsp3) is 0.400. The molecule has 6 heteroatoms. The molecule has 0 aliphatic carbocycles. The van der Waals surface area contributed by atoms with Crippen LogP contribution in [0.15, 0.2) is 67.3 Å². The van der Waals surface area contributed by atoms with Gasteiger partial charge in [-0.25, -0.2) is 4.98 Å². The van der Waals surface area contributed by atoms with Crippen LogP contribution in [-0.2, 0) is 12.0 Å². The zero-order chi connectivity index (χ0) is 22.3. The first-order chi connectivity index (χ1) is 14.9. The quantitative estimate of drug-likeness (QED) is 0.429. The van der Waals surface area contributed by atoms with Gasteiger partial charge in [-0.15, -0.1) is 11.6 Å². The molecule has 5 nitrogen and oxygen atoms in total. The van der Waals surface area contributed by atoms with Gasteiger partial charge in [-0.3, -0.25) is 0 Å². The van der Waals surface area contributed by atoms with E-state index in [1.807, 2.05) is 35.0 Å². The number of benzene rings is 2. The molecule has 0 aliphatic rings. The van der Waals surface area contributed by atoms with Crippen molar-refractivity contribution in [3.63, 3.8) is 0 Å². The maximum absolute atomic E-state index is 10.1. The SMILES string of the molecule is C[C@@H](CCl)COc1ccc(C(C)(C)c2ccc(OC[C@H](O)Cn3ccnc3)cc2)cc1. The molecule has 3 aromatic rings. The maximum Gasteiger partial charge on any atom is 0.119 e. The van der Waals surface area contributed by atoms with Crippen LogP contribution < -0.4 is 9.47 Å². The summed E-state index contributed by atoms with van der Waals surface area (Å²) in [5.41, 5.74) is 2.22. The Kier molecular flexibility index (Phi) is 7.99. The standard InChI is InChI=1S/C25H31ClN2O3/c1-19(14-26)16-30-23-8-4-20(5-9-23)25(2,3)21-6-10-24(11-7-21)31-17-22(29)15-28-13-12-27-18-28/h4-13,18-19,22,29H,14-17H2,1-3H3/t19-,22+/m0/s1. The molecule has 0 aliphatic heterocycles. The van der Waals surface area contributed by atoms with Crippen molar-refractivity contribution in [1.82, 2.24) is 9.55 Å². The molecule has 1 aromatic heterocycles. The van der Waals surface area contributed by atoms with E-state index in [2.05, 4.69) is 50.0 Å². The molecule has 166 valence electrons. The van der Waals surface area contributed by atoms with Crippen LogP contribution in [0.25, 0.3) is 0 Å². The Morgan fingerprint density at radius 2 is 1.52 bits per heavy atom. The second-order valence-electron chi connectivity index (χ2n) is 8.47. The van der Waals surface area contributed by atoms with Crippen LogP contribution in [-0.4, -0.2) is 39.9 Å². The number of aliphatic hydroxyl groups excluding tert-OH is 1. The molecule has 0 bridgehead atoms. The summed E-state index contributed by atoms with van der Waals surface area (Å²) in [4.78, 5) is 3.97. The number of nitrogens with zero attached hydrogens (tertiary/aromatic N) is 2. The molecule has 31 heavy (non-hydrogen) atoms. The lowest BCUT2D eigenvalue weighted by Crippen LogP contribution is -2.23. The smallest absolute Gasteiger partial charge is 0.119 e. The van der Waals surface area contributed by atoms with Crippen LogP contribution in [0.1, 0.15) is 31.9 Å². The first kappa shape index (κ1) is 23.2. The van der Waals surface area contributed by atoms with Gasteiger partial charge in [0.05, 0.1) is 19.5 Å². The Labute approximate surface area is 189 Å². The van der Waals surface area contributed by atoms with Crippen molar-refractivity contribution >= 4 is 11.6 Å². The highest BCUT2D eigenvalue weighted by molar-refractivity contribution is 6.18. The van der Waals surface area contributed by atoms with Crippen molar-refractivity contribution in [2.75, 3.05) is 19.1 Å². The molecule has 0 saturated carbocycles. The lowest BCUT2D eigenvalue weighted by molar-refractivity contribution is 0.0924. The Balaban J connectivity index is 1.57. The number of aromatic nitrogens is 2. The van der Waals surface area contributed by atoms with E-state index >= 15 is 0 Å². The average molecular weight is 443 g/mol. The van der Waals surface area contributed by atoms with Crippen molar-refractivity contribution in [3.05, 3.63) is 78.4 Å². The number of hydrogen-bond acceptors (Lipinski definition) is 4. The van der Waals surface area contributed by atoms with E-state index in [4.69, 9.17) is 21.1 Å². The molecule has 1 N–H and O–H groups in total. The van der Waals surface area contributed by atoms with Gasteiger partial charge in [0.15, 0.2) is 0 Å². The fourth-order valence-electron chi connectivity index (χ4n) is 3.27. The largest absolute Gasteiger partial charge is 0.493 e. The minimum absolute atomic E-state index is 0.165. The monoisotopic (exact) mass is 442 g/mol. The maximum atomic E-state index is 10.1. The number of rotatable bonds is 11. The van der Waals surface area contributed by atoms with E-state index in [-0.39, 0.29) is 12.0 Å². The van der Waals surface area contributed by atoms with Gasteiger partial charge in [0.1, 0.15) is 24.2 Å². The topological polar surface area (TPSA) is 56.5 Å². The second kappa shape index (κ2) is 10.7. The van der Waals surface area contributed by atoms with Crippen molar-refractivity contribution in [2.45, 2.75) is 38.8 Å². The second-order valence-corrected chi connectivity index (χ2v) is 8.78. The molecule has 0 unspecified atom stereocenters. The molecular weight excluding hydrogens is 412 g/mol. The molecule has 3 rings (SSSR count). The minimum atomic E-state index is -0.599. The summed E-state index contributed by atoms with van der Waals surface area (Å²) in [6.07, 6.45) is 4.59. The van der Waals surface area contributed by atoms with E-state index in [1.54, 1.807) is 12.5 Å². The van der Waals surface area contributed by atoms with E-state index < -0.39 is 6.10 Å². The summed E-state index contributed by atoms with van der Waals surface area (Å²) in [5, 5.41) is 10.1. The number of hydrogen-bond donors (Lipinski definition) is 1. The van der Waals surface area contributed by atoms with E-state index in [0.717, 1.165) is 11.5 Å². The predicted molar refractivity (Wildman–Crippen MR) is 124 cm³/mol. The molecule has 0 saturated heterocycles. The Hall–Kier alpha value is -2.50.